The predicted octanol–water partition coefficient (Wildman–Crippen LogP) is 4.20. The van der Waals surface area contributed by atoms with Crippen molar-refractivity contribution in [2.24, 2.45) is 0 Å². The van der Waals surface area contributed by atoms with Gasteiger partial charge in [0.2, 0.25) is 0 Å². The van der Waals surface area contributed by atoms with Crippen LogP contribution in [0.4, 0.5) is 17.6 Å². The van der Waals surface area contributed by atoms with E-state index in [2.05, 4.69) is 20.7 Å². The highest BCUT2D eigenvalue weighted by molar-refractivity contribution is 9.10. The Bertz CT molecular complexity index is 355. The van der Waals surface area contributed by atoms with Crippen LogP contribution in [-0.2, 0) is 0 Å². The van der Waals surface area contributed by atoms with E-state index in [0.717, 1.165) is 4.47 Å². The largest absolute Gasteiger partial charge is 0.432 e. The number of halogens is 5. The third kappa shape index (κ3) is 4.83. The van der Waals surface area contributed by atoms with Gasteiger partial charge in [-0.1, -0.05) is 15.9 Å². The van der Waals surface area contributed by atoms with Crippen LogP contribution in [0.1, 0.15) is 0 Å². The molecular weight excluding hydrogens is 280 g/mol. The van der Waals surface area contributed by atoms with Crippen LogP contribution >= 0.6 is 15.9 Å². The molecular formula is C9H5BrF4O. The van der Waals surface area contributed by atoms with Gasteiger partial charge in [-0.05, 0) is 24.3 Å². The zero-order chi connectivity index (χ0) is 11.5. The highest BCUT2D eigenvalue weighted by atomic mass is 79.9. The first-order valence-electron chi connectivity index (χ1n) is 3.75. The minimum absolute atomic E-state index is 0.00352. The molecule has 0 atom stereocenters. The molecule has 15 heavy (non-hydrogen) atoms. The molecule has 0 fully saturated rings. The Morgan fingerprint density at radius 2 is 1.73 bits per heavy atom. The maximum atomic E-state index is 12.6. The summed E-state index contributed by atoms with van der Waals surface area (Å²) in [6.45, 7) is 0. The van der Waals surface area contributed by atoms with E-state index in [0.29, 0.717) is 0 Å². The molecule has 0 aliphatic rings. The molecule has 82 valence electrons. The zero-order valence-corrected chi connectivity index (χ0v) is 8.77. The van der Waals surface area contributed by atoms with E-state index < -0.39 is 18.3 Å². The Morgan fingerprint density at radius 3 is 2.20 bits per heavy atom. The minimum Gasteiger partial charge on any atom is -0.432 e. The van der Waals surface area contributed by atoms with Gasteiger partial charge in [0.1, 0.15) is 5.75 Å². The molecule has 0 N–H and O–H groups in total. The maximum Gasteiger partial charge on any atom is 0.415 e. The first kappa shape index (κ1) is 12.0. The molecule has 0 amide bonds. The van der Waals surface area contributed by atoms with Gasteiger partial charge >= 0.3 is 6.18 Å². The quantitative estimate of drug-likeness (QED) is 0.584. The van der Waals surface area contributed by atoms with Crippen LogP contribution in [-0.4, -0.2) is 6.18 Å². The smallest absolute Gasteiger partial charge is 0.415 e. The number of hydrogen-bond donors (Lipinski definition) is 0. The van der Waals surface area contributed by atoms with Crippen molar-refractivity contribution in [3.05, 3.63) is 40.8 Å². The van der Waals surface area contributed by atoms with Gasteiger partial charge in [0.25, 0.3) is 6.01 Å². The van der Waals surface area contributed by atoms with E-state index in [4.69, 9.17) is 0 Å². The fourth-order valence-corrected chi connectivity index (χ4v) is 1.04. The second-order valence-electron chi connectivity index (χ2n) is 2.55. The van der Waals surface area contributed by atoms with Crippen LogP contribution in [0.3, 0.4) is 0 Å². The summed E-state index contributed by atoms with van der Waals surface area (Å²) in [5.41, 5.74) is 0. The number of alkyl halides is 3. The summed E-state index contributed by atoms with van der Waals surface area (Å²) < 4.78 is 52.6. The number of benzene rings is 1. The van der Waals surface area contributed by atoms with Crippen LogP contribution < -0.4 is 4.74 Å². The second-order valence-corrected chi connectivity index (χ2v) is 3.46. The van der Waals surface area contributed by atoms with Crippen molar-refractivity contribution < 1.29 is 22.3 Å². The standard InChI is InChI=1S/C9H5BrF4O/c10-6-1-3-7(4-2-6)15-8(11)5-9(12,13)14/h1-5H. The SMILES string of the molecule is FC(=CC(F)(F)F)Oc1ccc(Br)cc1. The molecule has 0 saturated heterocycles. The van der Waals surface area contributed by atoms with Crippen LogP contribution in [0.25, 0.3) is 0 Å². The first-order valence-corrected chi connectivity index (χ1v) is 4.54. The maximum absolute atomic E-state index is 12.6. The van der Waals surface area contributed by atoms with Gasteiger partial charge < -0.3 is 4.74 Å². The third-order valence-electron chi connectivity index (χ3n) is 1.31. The Kier molecular flexibility index (Phi) is 3.73. The molecule has 0 unspecified atom stereocenters. The molecule has 1 aromatic carbocycles. The van der Waals surface area contributed by atoms with Crippen molar-refractivity contribution in [2.75, 3.05) is 0 Å². The van der Waals surface area contributed by atoms with Crippen LogP contribution in [0.15, 0.2) is 40.8 Å². The third-order valence-corrected chi connectivity index (χ3v) is 1.83. The van der Waals surface area contributed by atoms with E-state index in [1.54, 1.807) is 0 Å². The molecule has 0 heterocycles. The fraction of sp³-hybridized carbons (Fsp3) is 0.111. The summed E-state index contributed by atoms with van der Waals surface area (Å²) in [5, 5.41) is 0. The predicted molar refractivity (Wildman–Crippen MR) is 50.0 cm³/mol. The van der Waals surface area contributed by atoms with E-state index in [1.807, 2.05) is 0 Å². The Hall–Kier alpha value is -1.04. The summed E-state index contributed by atoms with van der Waals surface area (Å²) >= 11 is 3.12. The van der Waals surface area contributed by atoms with E-state index >= 15 is 0 Å². The fourth-order valence-electron chi connectivity index (χ4n) is 0.773. The minimum atomic E-state index is -4.72. The summed E-state index contributed by atoms with van der Waals surface area (Å²) in [7, 11) is 0. The lowest BCUT2D eigenvalue weighted by atomic mass is 10.3. The number of ether oxygens (including phenoxy) is 1. The van der Waals surface area contributed by atoms with Crippen molar-refractivity contribution in [2.45, 2.75) is 6.18 Å². The monoisotopic (exact) mass is 284 g/mol. The van der Waals surface area contributed by atoms with Crippen molar-refractivity contribution in [1.29, 1.82) is 0 Å². The van der Waals surface area contributed by atoms with Crippen molar-refractivity contribution >= 4 is 15.9 Å². The van der Waals surface area contributed by atoms with Crippen LogP contribution in [0.5, 0.6) is 5.75 Å². The van der Waals surface area contributed by atoms with E-state index in [-0.39, 0.29) is 5.75 Å². The van der Waals surface area contributed by atoms with E-state index in [1.165, 1.54) is 24.3 Å². The second kappa shape index (κ2) is 4.65. The van der Waals surface area contributed by atoms with Crippen molar-refractivity contribution in [3.63, 3.8) is 0 Å². The first-order chi connectivity index (χ1) is 6.87. The summed E-state index contributed by atoms with van der Waals surface area (Å²) in [6.07, 6.45) is -5.27. The number of rotatable bonds is 2. The average molecular weight is 285 g/mol. The molecule has 0 radical (unpaired) electrons. The molecule has 1 aromatic rings. The Balaban J connectivity index is 2.70. The summed E-state index contributed by atoms with van der Waals surface area (Å²) in [5.74, 6) is -0.00352. The van der Waals surface area contributed by atoms with E-state index in [9.17, 15) is 17.6 Å². The lowest BCUT2D eigenvalue weighted by molar-refractivity contribution is -0.0833. The molecule has 1 nitrogen and oxygen atoms in total. The Morgan fingerprint density at radius 1 is 1.20 bits per heavy atom. The van der Waals surface area contributed by atoms with Crippen molar-refractivity contribution in [1.82, 2.24) is 0 Å². The molecule has 0 spiro atoms. The lowest BCUT2D eigenvalue weighted by Gasteiger charge is -2.04. The molecule has 0 aromatic heterocycles. The van der Waals surface area contributed by atoms with Crippen LogP contribution in [0, 0.1) is 0 Å². The van der Waals surface area contributed by atoms with Gasteiger partial charge in [0.05, 0.1) is 6.08 Å². The van der Waals surface area contributed by atoms with Crippen molar-refractivity contribution in [3.8, 4) is 5.75 Å². The topological polar surface area (TPSA) is 9.23 Å². The summed E-state index contributed by atoms with van der Waals surface area (Å²) in [6, 6.07) is 4.04. The molecule has 0 saturated carbocycles. The van der Waals surface area contributed by atoms with Gasteiger partial charge in [0.15, 0.2) is 0 Å². The number of allylic oxidation sites excluding steroid dienone is 1. The average Bonchev–Trinajstić information content (AvgIpc) is 2.05. The highest BCUT2D eigenvalue weighted by Crippen LogP contribution is 2.22. The molecule has 0 aliphatic carbocycles. The zero-order valence-electron chi connectivity index (χ0n) is 7.18. The van der Waals surface area contributed by atoms with Gasteiger partial charge in [-0.3, -0.25) is 0 Å². The molecule has 1 rings (SSSR count). The lowest BCUT2D eigenvalue weighted by Crippen LogP contribution is -2.04. The van der Waals surface area contributed by atoms with Gasteiger partial charge in [-0.2, -0.15) is 17.6 Å². The summed E-state index contributed by atoms with van der Waals surface area (Å²) in [4.78, 5) is 0. The van der Waals surface area contributed by atoms with Gasteiger partial charge in [-0.15, -0.1) is 0 Å². The number of hydrogen-bond acceptors (Lipinski definition) is 1. The highest BCUT2D eigenvalue weighted by Gasteiger charge is 2.26. The molecule has 6 heteroatoms. The normalized spacial score (nSPS) is 12.7. The Labute approximate surface area is 91.5 Å². The van der Waals surface area contributed by atoms with Gasteiger partial charge in [0, 0.05) is 4.47 Å². The van der Waals surface area contributed by atoms with Gasteiger partial charge in [-0.25, -0.2) is 0 Å². The van der Waals surface area contributed by atoms with Crippen LogP contribution in [0.2, 0.25) is 0 Å². The molecule has 0 bridgehead atoms. The molecule has 0 aliphatic heterocycles.